The highest BCUT2D eigenvalue weighted by molar-refractivity contribution is 5.94. The molecule has 0 saturated heterocycles. The number of rotatable bonds is 3. The fraction of sp³-hybridized carbons (Fsp3) is 0.500. The summed E-state index contributed by atoms with van der Waals surface area (Å²) >= 11 is 0. The highest BCUT2D eigenvalue weighted by atomic mass is 16.5. The van der Waals surface area contributed by atoms with E-state index in [4.69, 9.17) is 16.2 Å². The second kappa shape index (κ2) is 5.40. The Bertz CT molecular complexity index is 437. The predicted octanol–water partition coefficient (Wildman–Crippen LogP) is 1.74. The summed E-state index contributed by atoms with van der Waals surface area (Å²) in [6.45, 7) is 1.86. The number of benzene rings is 1. The highest BCUT2D eigenvalue weighted by Crippen LogP contribution is 2.24. The average molecular weight is 248 g/mol. The summed E-state index contributed by atoms with van der Waals surface area (Å²) < 4.78 is 5.91. The van der Waals surface area contributed by atoms with Crippen molar-refractivity contribution in [2.45, 2.75) is 44.8 Å². The molecule has 1 aliphatic rings. The van der Waals surface area contributed by atoms with Crippen LogP contribution in [0.4, 0.5) is 0 Å². The number of nitrogens with two attached hydrogens (primary N) is 2. The van der Waals surface area contributed by atoms with E-state index in [2.05, 4.69) is 0 Å². The number of ether oxygens (including phenoxy) is 1. The van der Waals surface area contributed by atoms with Gasteiger partial charge in [-0.3, -0.25) is 4.79 Å². The lowest BCUT2D eigenvalue weighted by molar-refractivity contribution is 0.0999. The number of primary amides is 1. The second-order valence-electron chi connectivity index (χ2n) is 5.00. The van der Waals surface area contributed by atoms with Gasteiger partial charge in [-0.2, -0.15) is 0 Å². The number of amides is 1. The first-order chi connectivity index (χ1) is 8.56. The monoisotopic (exact) mass is 248 g/mol. The molecule has 0 aliphatic heterocycles. The number of carbonyl (C=O) groups excluding carboxylic acids is 1. The van der Waals surface area contributed by atoms with Crippen LogP contribution in [-0.2, 0) is 0 Å². The summed E-state index contributed by atoms with van der Waals surface area (Å²) in [4.78, 5) is 11.1. The fourth-order valence-electron chi connectivity index (χ4n) is 2.38. The van der Waals surface area contributed by atoms with Crippen LogP contribution in [0.5, 0.6) is 5.75 Å². The Hall–Kier alpha value is -1.55. The summed E-state index contributed by atoms with van der Waals surface area (Å²) in [7, 11) is 0. The molecule has 2 rings (SSSR count). The summed E-state index contributed by atoms with van der Waals surface area (Å²) in [5, 5.41) is 0. The van der Waals surface area contributed by atoms with Crippen LogP contribution in [0.25, 0.3) is 0 Å². The summed E-state index contributed by atoms with van der Waals surface area (Å²) in [5.74, 6) is 0.403. The molecular weight excluding hydrogens is 228 g/mol. The molecule has 0 radical (unpaired) electrons. The van der Waals surface area contributed by atoms with Gasteiger partial charge in [-0.1, -0.05) is 0 Å². The lowest BCUT2D eigenvalue weighted by atomic mass is 9.93. The minimum atomic E-state index is -0.400. The Labute approximate surface area is 107 Å². The van der Waals surface area contributed by atoms with Crippen LogP contribution in [0, 0.1) is 6.92 Å². The van der Waals surface area contributed by atoms with Gasteiger partial charge in [0.15, 0.2) is 0 Å². The first kappa shape index (κ1) is 12.9. The zero-order chi connectivity index (χ0) is 13.1. The minimum Gasteiger partial charge on any atom is -0.490 e. The van der Waals surface area contributed by atoms with Crippen molar-refractivity contribution in [3.05, 3.63) is 29.3 Å². The van der Waals surface area contributed by atoms with Crippen molar-refractivity contribution in [1.29, 1.82) is 0 Å². The number of aryl methyl sites for hydroxylation is 1. The van der Waals surface area contributed by atoms with Crippen molar-refractivity contribution < 1.29 is 9.53 Å². The Morgan fingerprint density at radius 3 is 2.50 bits per heavy atom. The van der Waals surface area contributed by atoms with Crippen molar-refractivity contribution in [2.24, 2.45) is 11.5 Å². The van der Waals surface area contributed by atoms with Gasteiger partial charge in [-0.15, -0.1) is 0 Å². The molecule has 98 valence electrons. The zero-order valence-corrected chi connectivity index (χ0v) is 10.7. The van der Waals surface area contributed by atoms with Crippen LogP contribution in [0.1, 0.15) is 41.6 Å². The lowest BCUT2D eigenvalue weighted by Gasteiger charge is -2.27. The van der Waals surface area contributed by atoms with Crippen LogP contribution >= 0.6 is 0 Å². The first-order valence-corrected chi connectivity index (χ1v) is 6.39. The molecule has 1 aromatic carbocycles. The largest absolute Gasteiger partial charge is 0.490 e. The SMILES string of the molecule is Cc1cc(OC2CCC(N)CC2)ccc1C(N)=O. The van der Waals surface area contributed by atoms with Crippen LogP contribution in [0.3, 0.4) is 0 Å². The molecule has 1 aliphatic carbocycles. The molecule has 4 N–H and O–H groups in total. The zero-order valence-electron chi connectivity index (χ0n) is 10.7. The highest BCUT2D eigenvalue weighted by Gasteiger charge is 2.20. The van der Waals surface area contributed by atoms with Gasteiger partial charge in [0.25, 0.3) is 0 Å². The lowest BCUT2D eigenvalue weighted by Crippen LogP contribution is -2.31. The molecule has 1 amide bonds. The van der Waals surface area contributed by atoms with Crippen LogP contribution in [-0.4, -0.2) is 18.1 Å². The minimum absolute atomic E-state index is 0.239. The summed E-state index contributed by atoms with van der Waals surface area (Å²) in [5.41, 5.74) is 12.5. The van der Waals surface area contributed by atoms with E-state index in [0.717, 1.165) is 37.0 Å². The third kappa shape index (κ3) is 3.01. The third-order valence-electron chi connectivity index (χ3n) is 3.48. The molecule has 0 aromatic heterocycles. The molecule has 0 atom stereocenters. The molecule has 1 aromatic rings. The van der Waals surface area contributed by atoms with Crippen molar-refractivity contribution >= 4 is 5.91 Å². The molecule has 1 fully saturated rings. The number of hydrogen-bond acceptors (Lipinski definition) is 3. The van der Waals surface area contributed by atoms with Crippen LogP contribution in [0.2, 0.25) is 0 Å². The van der Waals surface area contributed by atoms with E-state index in [0.29, 0.717) is 11.6 Å². The molecule has 0 unspecified atom stereocenters. The maximum Gasteiger partial charge on any atom is 0.248 e. The molecule has 0 spiro atoms. The molecule has 1 saturated carbocycles. The standard InChI is InChI=1S/C14H20N2O2/c1-9-8-12(6-7-13(9)14(16)17)18-11-4-2-10(15)3-5-11/h6-8,10-11H,2-5,15H2,1H3,(H2,16,17). The van der Waals surface area contributed by atoms with Gasteiger partial charge in [0.05, 0.1) is 6.10 Å². The Balaban J connectivity index is 2.02. The second-order valence-corrected chi connectivity index (χ2v) is 5.00. The Morgan fingerprint density at radius 1 is 1.28 bits per heavy atom. The smallest absolute Gasteiger partial charge is 0.248 e. The van der Waals surface area contributed by atoms with E-state index in [1.165, 1.54) is 0 Å². The van der Waals surface area contributed by atoms with Gasteiger partial charge in [0, 0.05) is 11.6 Å². The maximum atomic E-state index is 11.1. The van der Waals surface area contributed by atoms with Crippen molar-refractivity contribution in [3.8, 4) is 5.75 Å². The van der Waals surface area contributed by atoms with Gasteiger partial charge >= 0.3 is 0 Å². The number of hydrogen-bond donors (Lipinski definition) is 2. The van der Waals surface area contributed by atoms with Crippen LogP contribution < -0.4 is 16.2 Å². The van der Waals surface area contributed by atoms with E-state index < -0.39 is 5.91 Å². The topological polar surface area (TPSA) is 78.3 Å². The van der Waals surface area contributed by atoms with Crippen molar-refractivity contribution in [2.75, 3.05) is 0 Å². The first-order valence-electron chi connectivity index (χ1n) is 6.39. The van der Waals surface area contributed by atoms with E-state index in [1.807, 2.05) is 19.1 Å². The van der Waals surface area contributed by atoms with Gasteiger partial charge < -0.3 is 16.2 Å². The van der Waals surface area contributed by atoms with Gasteiger partial charge in [0.1, 0.15) is 5.75 Å². The van der Waals surface area contributed by atoms with E-state index >= 15 is 0 Å². The fourth-order valence-corrected chi connectivity index (χ4v) is 2.38. The summed E-state index contributed by atoms with van der Waals surface area (Å²) in [6.07, 6.45) is 4.27. The third-order valence-corrected chi connectivity index (χ3v) is 3.48. The van der Waals surface area contributed by atoms with Gasteiger partial charge in [0.2, 0.25) is 5.91 Å². The molecule has 4 heteroatoms. The predicted molar refractivity (Wildman–Crippen MR) is 70.6 cm³/mol. The Kier molecular flexibility index (Phi) is 3.87. The van der Waals surface area contributed by atoms with Crippen LogP contribution in [0.15, 0.2) is 18.2 Å². The maximum absolute atomic E-state index is 11.1. The summed E-state index contributed by atoms with van der Waals surface area (Å²) in [6, 6.07) is 5.72. The molecule has 4 nitrogen and oxygen atoms in total. The average Bonchev–Trinajstić information content (AvgIpc) is 2.32. The van der Waals surface area contributed by atoms with E-state index in [-0.39, 0.29) is 6.10 Å². The molecule has 0 bridgehead atoms. The van der Waals surface area contributed by atoms with Gasteiger partial charge in [-0.05, 0) is 56.4 Å². The Morgan fingerprint density at radius 2 is 1.94 bits per heavy atom. The normalized spacial score (nSPS) is 23.7. The molecular formula is C14H20N2O2. The van der Waals surface area contributed by atoms with Crippen molar-refractivity contribution in [3.63, 3.8) is 0 Å². The molecule has 0 heterocycles. The van der Waals surface area contributed by atoms with Crippen molar-refractivity contribution in [1.82, 2.24) is 0 Å². The molecule has 18 heavy (non-hydrogen) atoms. The number of carbonyl (C=O) groups is 1. The van der Waals surface area contributed by atoms with E-state index in [1.54, 1.807) is 6.07 Å². The van der Waals surface area contributed by atoms with E-state index in [9.17, 15) is 4.79 Å². The quantitative estimate of drug-likeness (QED) is 0.855. The van der Waals surface area contributed by atoms with Gasteiger partial charge in [-0.25, -0.2) is 0 Å².